The van der Waals surface area contributed by atoms with Gasteiger partial charge in [0.15, 0.2) is 11.4 Å². The minimum absolute atomic E-state index is 0.0486. The highest BCUT2D eigenvalue weighted by Gasteiger charge is 2.77. The fourth-order valence-electron chi connectivity index (χ4n) is 13.1. The summed E-state index contributed by atoms with van der Waals surface area (Å²) in [6.45, 7) is 14.5. The van der Waals surface area contributed by atoms with E-state index in [2.05, 4.69) is 95.9 Å². The van der Waals surface area contributed by atoms with E-state index in [0.717, 1.165) is 57.5 Å². The van der Waals surface area contributed by atoms with Gasteiger partial charge in [0.1, 0.15) is 6.10 Å². The zero-order valence-electron chi connectivity index (χ0n) is 31.2. The number of anilines is 1. The summed E-state index contributed by atoms with van der Waals surface area (Å²) in [6.07, 6.45) is 6.93. The quantitative estimate of drug-likeness (QED) is 0.280. The van der Waals surface area contributed by atoms with Crippen molar-refractivity contribution in [2.45, 2.75) is 113 Å². The van der Waals surface area contributed by atoms with Crippen LogP contribution >= 0.6 is 0 Å². The van der Waals surface area contributed by atoms with E-state index in [1.165, 1.54) is 45.8 Å². The molecule has 1 aromatic heterocycles. The predicted octanol–water partition coefficient (Wildman–Crippen LogP) is 5.17. The smallest absolute Gasteiger partial charge is 0.170 e. The molecule has 6 unspecified atom stereocenters. The first-order valence-corrected chi connectivity index (χ1v) is 19.6. The Kier molecular flexibility index (Phi) is 7.46. The van der Waals surface area contributed by atoms with E-state index in [-0.39, 0.29) is 29.6 Å². The number of fused-ring (bicyclic) bond motifs is 6. The second-order valence-electron chi connectivity index (χ2n) is 17.5. The number of hydrogen-bond donors (Lipinski definition) is 4. The Hall–Kier alpha value is -3.01. The summed E-state index contributed by atoms with van der Waals surface area (Å²) in [5, 5.41) is 38.4. The minimum Gasteiger partial charge on any atom is -0.389 e. The molecule has 51 heavy (non-hydrogen) atoms. The van der Waals surface area contributed by atoms with Crippen molar-refractivity contribution < 1.29 is 20.1 Å². The van der Waals surface area contributed by atoms with Gasteiger partial charge in [-0.3, -0.25) is 14.6 Å². The lowest BCUT2D eigenvalue weighted by molar-refractivity contribution is -0.200. The molecular formula is C43H56N4O4. The van der Waals surface area contributed by atoms with Crippen molar-refractivity contribution in [2.24, 2.45) is 11.3 Å². The van der Waals surface area contributed by atoms with Crippen LogP contribution in [-0.4, -0.2) is 105 Å². The van der Waals surface area contributed by atoms with E-state index in [4.69, 9.17) is 0 Å². The molecule has 11 atom stereocenters. The van der Waals surface area contributed by atoms with Crippen LogP contribution in [0.3, 0.4) is 0 Å². The summed E-state index contributed by atoms with van der Waals surface area (Å²) >= 11 is 0. The van der Waals surface area contributed by atoms with Gasteiger partial charge < -0.3 is 25.2 Å². The van der Waals surface area contributed by atoms with Gasteiger partial charge in [0, 0.05) is 78.3 Å². The molecule has 8 nitrogen and oxygen atoms in total. The Morgan fingerprint density at radius 3 is 2.61 bits per heavy atom. The van der Waals surface area contributed by atoms with Gasteiger partial charge in [0.25, 0.3) is 0 Å². The maximum atomic E-state index is 13.8. The largest absolute Gasteiger partial charge is 0.389 e. The van der Waals surface area contributed by atoms with Crippen molar-refractivity contribution >= 4 is 22.4 Å². The lowest BCUT2D eigenvalue weighted by Gasteiger charge is -2.63. The first-order valence-electron chi connectivity index (χ1n) is 19.6. The van der Waals surface area contributed by atoms with Crippen molar-refractivity contribution in [3.63, 3.8) is 0 Å². The summed E-state index contributed by atoms with van der Waals surface area (Å²) in [5.41, 5.74) is 4.70. The number of Topliss-reactive ketones (excluding diaryl/α,β-unsaturated/α-hetero) is 1. The summed E-state index contributed by atoms with van der Waals surface area (Å²) < 4.78 is 0. The molecule has 2 saturated heterocycles. The maximum absolute atomic E-state index is 13.8. The van der Waals surface area contributed by atoms with Gasteiger partial charge in [-0.2, -0.15) is 0 Å². The van der Waals surface area contributed by atoms with Crippen LogP contribution < -0.4 is 4.90 Å². The second-order valence-corrected chi connectivity index (χ2v) is 17.5. The number of hydrogen-bond acceptors (Lipinski definition) is 7. The van der Waals surface area contributed by atoms with Crippen molar-refractivity contribution in [1.82, 2.24) is 14.8 Å². The molecule has 4 N–H and O–H groups in total. The number of nitrogens with one attached hydrogen (secondary N) is 1. The normalized spacial score (nSPS) is 41.4. The highest BCUT2D eigenvalue weighted by atomic mass is 16.4. The lowest BCUT2D eigenvalue weighted by Crippen LogP contribution is -2.80. The third kappa shape index (κ3) is 4.23. The molecule has 3 fully saturated rings. The zero-order chi connectivity index (χ0) is 35.8. The molecule has 1 aliphatic carbocycles. The molecule has 5 aliphatic heterocycles. The van der Waals surface area contributed by atoms with Gasteiger partial charge in [0.2, 0.25) is 0 Å². The topological polar surface area (TPSA) is 103 Å². The molecule has 9 rings (SSSR count). The van der Waals surface area contributed by atoms with E-state index in [0.29, 0.717) is 13.0 Å². The molecule has 272 valence electrons. The molecule has 1 saturated carbocycles. The number of ketones is 1. The Labute approximate surface area is 302 Å². The van der Waals surface area contributed by atoms with Gasteiger partial charge in [-0.15, -0.1) is 0 Å². The molecule has 6 heterocycles. The molecule has 8 heteroatoms. The Bertz CT molecular complexity index is 1950. The third-order valence-electron chi connectivity index (χ3n) is 15.3. The Balaban J connectivity index is 1.28. The molecule has 2 aromatic carbocycles. The number of para-hydroxylation sites is 1. The Morgan fingerprint density at radius 2 is 1.86 bits per heavy atom. The van der Waals surface area contributed by atoms with E-state index < -0.39 is 34.2 Å². The van der Waals surface area contributed by atoms with Crippen LogP contribution in [0.1, 0.15) is 93.2 Å². The summed E-state index contributed by atoms with van der Waals surface area (Å²) in [6, 6.07) is 12.9. The predicted molar refractivity (Wildman–Crippen MR) is 201 cm³/mol. The van der Waals surface area contributed by atoms with E-state index in [1.807, 2.05) is 7.05 Å². The van der Waals surface area contributed by atoms with E-state index in [1.54, 1.807) is 0 Å². The standard InChI is InChI=1S/C43H56N4O4/c1-7-40(50)22-28-23-46(24-40)18-14-30-29-12-9-10-13-33(29)44-36(30)26(4)35(28)31-21-32-34(20-25(31)3)45(6)38-42(32)16-19-47-17-11-15-41(8-2,37(42)47)39(49)43(38,51)27(5)48/h9-13,15,20-21,26,28,35,37-39,44,49-51H,7-8,14,16-19,22-24H2,1-6H3/t26-,28+,35?,37?,38?,39-,40?,41-,42?,43+/m1/s1. The van der Waals surface area contributed by atoms with Crippen molar-refractivity contribution in [3.8, 4) is 0 Å². The molecule has 0 amide bonds. The number of aromatic amines is 1. The molecule has 2 bridgehead atoms. The van der Waals surface area contributed by atoms with Crippen LogP contribution in [0, 0.1) is 18.3 Å². The number of aromatic nitrogens is 1. The average Bonchev–Trinajstić information content (AvgIpc) is 3.77. The number of rotatable bonds is 4. The second kappa shape index (κ2) is 11.3. The van der Waals surface area contributed by atoms with Crippen molar-refractivity contribution in [2.75, 3.05) is 44.7 Å². The zero-order valence-corrected chi connectivity index (χ0v) is 31.2. The molecule has 3 aromatic rings. The van der Waals surface area contributed by atoms with Gasteiger partial charge in [-0.25, -0.2) is 0 Å². The number of benzene rings is 2. The molecule has 0 radical (unpaired) electrons. The van der Waals surface area contributed by atoms with Gasteiger partial charge >= 0.3 is 0 Å². The van der Waals surface area contributed by atoms with E-state index >= 15 is 0 Å². The summed E-state index contributed by atoms with van der Waals surface area (Å²) in [7, 11) is 2.03. The van der Waals surface area contributed by atoms with Gasteiger partial charge in [-0.05, 0) is 98.7 Å². The average molecular weight is 693 g/mol. The minimum atomic E-state index is -1.93. The van der Waals surface area contributed by atoms with Crippen LogP contribution in [0.25, 0.3) is 10.9 Å². The SMILES string of the molecule is CCC1(O)C[C@H]2CN(CCc3c([nH]c4ccccc34)[C@H](C)C2c2cc3c(cc2C)N(C)C2C34CCN3CC=C[C@](CC)(C34)[C@@H](O)[C@]2(O)C(C)=O)C1. The number of aliphatic hydroxyl groups is 3. The van der Waals surface area contributed by atoms with Crippen molar-refractivity contribution in [3.05, 3.63) is 76.5 Å². The Morgan fingerprint density at radius 1 is 1.08 bits per heavy atom. The van der Waals surface area contributed by atoms with Gasteiger partial charge in [-0.1, -0.05) is 57.2 Å². The summed E-state index contributed by atoms with van der Waals surface area (Å²) in [4.78, 5) is 24.9. The van der Waals surface area contributed by atoms with Crippen LogP contribution in [0.4, 0.5) is 5.69 Å². The molecule has 6 aliphatic rings. The number of carbonyl (C=O) groups excluding carboxylic acids is 1. The third-order valence-corrected chi connectivity index (χ3v) is 15.3. The summed E-state index contributed by atoms with van der Waals surface area (Å²) in [5.74, 6) is 0.157. The lowest BCUT2D eigenvalue weighted by atomic mass is 9.47. The number of piperidine rings is 1. The first-order chi connectivity index (χ1) is 24.3. The number of carbonyl (C=O) groups is 1. The van der Waals surface area contributed by atoms with E-state index in [9.17, 15) is 20.1 Å². The number of aryl methyl sites for hydroxylation is 1. The maximum Gasteiger partial charge on any atom is 0.170 e. The first kappa shape index (κ1) is 33.8. The number of aliphatic hydroxyl groups excluding tert-OH is 1. The number of likely N-dealkylation sites (N-methyl/N-ethyl adjacent to an activating group) is 1. The fraction of sp³-hybridized carbons (Fsp3) is 0.605. The highest BCUT2D eigenvalue weighted by molar-refractivity contribution is 5.90. The van der Waals surface area contributed by atoms with Crippen LogP contribution in [0.2, 0.25) is 0 Å². The van der Waals surface area contributed by atoms with Crippen molar-refractivity contribution in [1.29, 1.82) is 0 Å². The van der Waals surface area contributed by atoms with Crippen LogP contribution in [0.5, 0.6) is 0 Å². The fourth-order valence-corrected chi connectivity index (χ4v) is 13.1. The molecular weight excluding hydrogens is 636 g/mol. The molecule has 1 spiro atoms. The highest BCUT2D eigenvalue weighted by Crippen LogP contribution is 2.67. The monoisotopic (exact) mass is 692 g/mol. The van der Waals surface area contributed by atoms with Gasteiger partial charge in [0.05, 0.1) is 11.6 Å². The van der Waals surface area contributed by atoms with Crippen LogP contribution in [-0.2, 0) is 16.6 Å². The number of nitrogens with zero attached hydrogens (tertiary/aromatic N) is 3. The number of H-pyrrole nitrogens is 1. The van der Waals surface area contributed by atoms with Crippen LogP contribution in [0.15, 0.2) is 48.6 Å².